The molecule has 0 atom stereocenters. The lowest BCUT2D eigenvalue weighted by Crippen LogP contribution is -2.17. The number of hydrogen-bond donors (Lipinski definition) is 2. The maximum absolute atomic E-state index is 12.0. The van der Waals surface area contributed by atoms with Gasteiger partial charge in [-0.3, -0.25) is 9.59 Å². The van der Waals surface area contributed by atoms with Crippen molar-refractivity contribution in [1.29, 1.82) is 0 Å². The summed E-state index contributed by atoms with van der Waals surface area (Å²) in [5.41, 5.74) is 0.0946. The Kier molecular flexibility index (Phi) is 4.74. The minimum Gasteiger partial charge on any atom is -0.481 e. The van der Waals surface area contributed by atoms with Crippen molar-refractivity contribution < 1.29 is 32.6 Å². The third-order valence-corrected chi connectivity index (χ3v) is 1.92. The van der Waals surface area contributed by atoms with Crippen LogP contribution in [0.1, 0.15) is 12.8 Å². The van der Waals surface area contributed by atoms with E-state index in [-0.39, 0.29) is 18.5 Å². The number of carboxylic acid groups (broad SMARTS) is 1. The SMILES string of the molecule is O=C(O)CCC(=O)Nc1cccc(OC(F)(F)F)c1. The fourth-order valence-electron chi connectivity index (χ4n) is 1.21. The van der Waals surface area contributed by atoms with Crippen molar-refractivity contribution in [2.75, 3.05) is 5.32 Å². The molecule has 0 unspecified atom stereocenters. The van der Waals surface area contributed by atoms with Crippen molar-refractivity contribution in [3.63, 3.8) is 0 Å². The Balaban J connectivity index is 2.62. The fourth-order valence-corrected chi connectivity index (χ4v) is 1.21. The molecule has 0 saturated carbocycles. The Labute approximate surface area is 106 Å². The molecule has 0 saturated heterocycles. The number of anilines is 1. The van der Waals surface area contributed by atoms with Gasteiger partial charge in [0, 0.05) is 18.2 Å². The zero-order valence-corrected chi connectivity index (χ0v) is 9.53. The largest absolute Gasteiger partial charge is 0.573 e. The molecule has 0 aliphatic rings. The molecular formula is C11H10F3NO4. The van der Waals surface area contributed by atoms with Crippen LogP contribution in [0.4, 0.5) is 18.9 Å². The maximum Gasteiger partial charge on any atom is 0.573 e. The Hall–Kier alpha value is -2.25. The van der Waals surface area contributed by atoms with Gasteiger partial charge in [-0.05, 0) is 12.1 Å². The number of carbonyl (C=O) groups excluding carboxylic acids is 1. The van der Waals surface area contributed by atoms with E-state index in [4.69, 9.17) is 5.11 Å². The van der Waals surface area contributed by atoms with E-state index in [2.05, 4.69) is 10.1 Å². The summed E-state index contributed by atoms with van der Waals surface area (Å²) in [6.45, 7) is 0. The Morgan fingerprint density at radius 3 is 2.53 bits per heavy atom. The van der Waals surface area contributed by atoms with Gasteiger partial charge in [-0.1, -0.05) is 6.07 Å². The molecule has 1 amide bonds. The summed E-state index contributed by atoms with van der Waals surface area (Å²) in [6, 6.07) is 4.71. The van der Waals surface area contributed by atoms with Crippen LogP contribution in [-0.2, 0) is 9.59 Å². The number of halogens is 3. The van der Waals surface area contributed by atoms with E-state index >= 15 is 0 Å². The summed E-state index contributed by atoms with van der Waals surface area (Å²) in [5, 5.41) is 10.6. The zero-order chi connectivity index (χ0) is 14.5. The van der Waals surface area contributed by atoms with Crippen LogP contribution in [0.2, 0.25) is 0 Å². The van der Waals surface area contributed by atoms with E-state index in [0.29, 0.717) is 0 Å². The number of amides is 1. The van der Waals surface area contributed by atoms with Crippen LogP contribution in [0.15, 0.2) is 24.3 Å². The van der Waals surface area contributed by atoms with Crippen molar-refractivity contribution in [1.82, 2.24) is 0 Å². The van der Waals surface area contributed by atoms with E-state index in [1.807, 2.05) is 0 Å². The zero-order valence-electron chi connectivity index (χ0n) is 9.53. The van der Waals surface area contributed by atoms with Crippen LogP contribution in [0.25, 0.3) is 0 Å². The number of alkyl halides is 3. The maximum atomic E-state index is 12.0. The van der Waals surface area contributed by atoms with Gasteiger partial charge in [0.2, 0.25) is 5.91 Å². The molecule has 0 fully saturated rings. The van der Waals surface area contributed by atoms with Gasteiger partial charge in [0.05, 0.1) is 6.42 Å². The first-order chi connectivity index (χ1) is 8.76. The molecule has 8 heteroatoms. The lowest BCUT2D eigenvalue weighted by atomic mass is 10.2. The van der Waals surface area contributed by atoms with Crippen LogP contribution < -0.4 is 10.1 Å². The highest BCUT2D eigenvalue weighted by atomic mass is 19.4. The molecule has 0 aromatic heterocycles. The fraction of sp³-hybridized carbons (Fsp3) is 0.273. The van der Waals surface area contributed by atoms with E-state index < -0.39 is 24.0 Å². The number of ether oxygens (including phenoxy) is 1. The van der Waals surface area contributed by atoms with Gasteiger partial charge in [0.1, 0.15) is 5.75 Å². The van der Waals surface area contributed by atoms with Gasteiger partial charge in [0.15, 0.2) is 0 Å². The standard InChI is InChI=1S/C11H10F3NO4/c12-11(13,14)19-8-3-1-2-7(6-8)15-9(16)4-5-10(17)18/h1-3,6H,4-5H2,(H,15,16)(H,17,18). The van der Waals surface area contributed by atoms with Crippen LogP contribution in [-0.4, -0.2) is 23.3 Å². The molecule has 0 radical (unpaired) electrons. The molecule has 104 valence electrons. The highest BCUT2D eigenvalue weighted by Gasteiger charge is 2.31. The molecular weight excluding hydrogens is 267 g/mol. The molecule has 1 aromatic carbocycles. The normalized spacial score (nSPS) is 10.9. The quantitative estimate of drug-likeness (QED) is 0.866. The monoisotopic (exact) mass is 277 g/mol. The topological polar surface area (TPSA) is 75.6 Å². The van der Waals surface area contributed by atoms with Crippen LogP contribution in [0, 0.1) is 0 Å². The summed E-state index contributed by atoms with van der Waals surface area (Å²) in [6.07, 6.45) is -5.43. The lowest BCUT2D eigenvalue weighted by molar-refractivity contribution is -0.274. The molecule has 19 heavy (non-hydrogen) atoms. The van der Waals surface area contributed by atoms with Crippen LogP contribution in [0.3, 0.4) is 0 Å². The predicted octanol–water partition coefficient (Wildman–Crippen LogP) is 2.39. The second-order valence-electron chi connectivity index (χ2n) is 3.52. The number of aliphatic carboxylic acids is 1. The molecule has 1 rings (SSSR count). The average Bonchev–Trinajstić information content (AvgIpc) is 2.24. The lowest BCUT2D eigenvalue weighted by Gasteiger charge is -2.10. The highest BCUT2D eigenvalue weighted by molar-refractivity contribution is 5.92. The highest BCUT2D eigenvalue weighted by Crippen LogP contribution is 2.25. The molecule has 0 aliphatic heterocycles. The number of rotatable bonds is 5. The van der Waals surface area contributed by atoms with Crippen molar-refractivity contribution in [3.8, 4) is 5.75 Å². The third kappa shape index (κ3) is 6.29. The molecule has 0 heterocycles. The Bertz CT molecular complexity index is 473. The number of benzene rings is 1. The van der Waals surface area contributed by atoms with Gasteiger partial charge >= 0.3 is 12.3 Å². The van der Waals surface area contributed by atoms with Crippen molar-refractivity contribution in [2.45, 2.75) is 19.2 Å². The first-order valence-corrected chi connectivity index (χ1v) is 5.14. The number of carboxylic acids is 1. The first kappa shape index (κ1) is 14.8. The van der Waals surface area contributed by atoms with E-state index in [9.17, 15) is 22.8 Å². The van der Waals surface area contributed by atoms with Crippen molar-refractivity contribution in [2.24, 2.45) is 0 Å². The molecule has 5 nitrogen and oxygen atoms in total. The molecule has 1 aromatic rings. The molecule has 2 N–H and O–H groups in total. The van der Waals surface area contributed by atoms with E-state index in [0.717, 1.165) is 12.1 Å². The number of carbonyl (C=O) groups is 2. The number of hydrogen-bond acceptors (Lipinski definition) is 3. The van der Waals surface area contributed by atoms with Crippen molar-refractivity contribution in [3.05, 3.63) is 24.3 Å². The van der Waals surface area contributed by atoms with E-state index in [1.54, 1.807) is 0 Å². The molecule has 0 bridgehead atoms. The predicted molar refractivity (Wildman–Crippen MR) is 58.6 cm³/mol. The van der Waals surface area contributed by atoms with Gasteiger partial charge < -0.3 is 15.2 Å². The first-order valence-electron chi connectivity index (χ1n) is 5.14. The summed E-state index contributed by atoms with van der Waals surface area (Å²) >= 11 is 0. The van der Waals surface area contributed by atoms with Gasteiger partial charge in [-0.15, -0.1) is 13.2 Å². The van der Waals surface area contributed by atoms with Crippen molar-refractivity contribution >= 4 is 17.6 Å². The van der Waals surface area contributed by atoms with Gasteiger partial charge in [0.25, 0.3) is 0 Å². The summed E-state index contributed by atoms with van der Waals surface area (Å²) in [7, 11) is 0. The minimum atomic E-state index is -4.81. The average molecular weight is 277 g/mol. The summed E-state index contributed by atoms with van der Waals surface area (Å²) in [5.74, 6) is -2.21. The number of nitrogens with one attached hydrogen (secondary N) is 1. The van der Waals surface area contributed by atoms with E-state index in [1.165, 1.54) is 12.1 Å². The van der Waals surface area contributed by atoms with Crippen LogP contribution in [0.5, 0.6) is 5.75 Å². The molecule has 0 aliphatic carbocycles. The molecule has 0 spiro atoms. The minimum absolute atomic E-state index is 0.0946. The van der Waals surface area contributed by atoms with Gasteiger partial charge in [-0.25, -0.2) is 0 Å². The summed E-state index contributed by atoms with van der Waals surface area (Å²) < 4.78 is 39.6. The third-order valence-electron chi connectivity index (χ3n) is 1.92. The second kappa shape index (κ2) is 6.07. The Morgan fingerprint density at radius 2 is 1.95 bits per heavy atom. The summed E-state index contributed by atoms with van der Waals surface area (Å²) in [4.78, 5) is 21.5. The Morgan fingerprint density at radius 1 is 1.26 bits per heavy atom. The van der Waals surface area contributed by atoms with Crippen LogP contribution >= 0.6 is 0 Å². The van der Waals surface area contributed by atoms with Gasteiger partial charge in [-0.2, -0.15) is 0 Å². The second-order valence-corrected chi connectivity index (χ2v) is 3.52. The smallest absolute Gasteiger partial charge is 0.481 e.